The predicted molar refractivity (Wildman–Crippen MR) is 99.0 cm³/mol. The molecule has 0 fully saturated rings. The summed E-state index contributed by atoms with van der Waals surface area (Å²) < 4.78 is 10.8. The minimum absolute atomic E-state index is 0.0894. The van der Waals surface area contributed by atoms with E-state index in [2.05, 4.69) is 0 Å². The van der Waals surface area contributed by atoms with Crippen LogP contribution in [0.1, 0.15) is 17.2 Å². The molecule has 1 N–H and O–H groups in total. The first kappa shape index (κ1) is 16.8. The van der Waals surface area contributed by atoms with Gasteiger partial charge in [0.15, 0.2) is 10.9 Å². The second-order valence-electron chi connectivity index (χ2n) is 5.72. The molecule has 0 aliphatic carbocycles. The van der Waals surface area contributed by atoms with E-state index in [0.29, 0.717) is 21.2 Å². The van der Waals surface area contributed by atoms with Gasteiger partial charge in [0.25, 0.3) is 0 Å². The molecule has 130 valence electrons. The van der Waals surface area contributed by atoms with Crippen molar-refractivity contribution < 1.29 is 13.9 Å². The summed E-state index contributed by atoms with van der Waals surface area (Å²) >= 11 is 11.8. The fourth-order valence-electron chi connectivity index (χ4n) is 2.78. The highest BCUT2D eigenvalue weighted by Crippen LogP contribution is 2.24. The van der Waals surface area contributed by atoms with Gasteiger partial charge < -0.3 is 13.9 Å². The van der Waals surface area contributed by atoms with Gasteiger partial charge in [0.1, 0.15) is 29.8 Å². The van der Waals surface area contributed by atoms with Gasteiger partial charge in [-0.1, -0.05) is 23.2 Å². The molecule has 0 saturated heterocycles. The lowest BCUT2D eigenvalue weighted by atomic mass is 10.0. The van der Waals surface area contributed by atoms with E-state index in [1.165, 1.54) is 12.1 Å². The number of hydrogen-bond acceptors (Lipinski definition) is 5. The van der Waals surface area contributed by atoms with Crippen LogP contribution in [0.5, 0.6) is 0 Å². The number of rotatable bonds is 2. The van der Waals surface area contributed by atoms with Gasteiger partial charge in [-0.15, -0.1) is 0 Å². The first-order valence-corrected chi connectivity index (χ1v) is 8.31. The Balaban J connectivity index is 1.92. The van der Waals surface area contributed by atoms with Crippen molar-refractivity contribution in [1.82, 2.24) is 0 Å². The second kappa shape index (κ2) is 6.29. The van der Waals surface area contributed by atoms with E-state index in [4.69, 9.17) is 32.0 Å². The van der Waals surface area contributed by atoms with Gasteiger partial charge in [0.05, 0.1) is 21.9 Å². The molecule has 5 nitrogen and oxygen atoms in total. The maximum Gasteiger partial charge on any atom is 0.198 e. The van der Waals surface area contributed by atoms with E-state index in [9.17, 15) is 14.7 Å². The molecule has 7 heteroatoms. The number of halogens is 2. The molecule has 2 aromatic heterocycles. The molecule has 26 heavy (non-hydrogen) atoms. The molecule has 0 unspecified atom stereocenters. The molecule has 2 heterocycles. The SMILES string of the molecule is O=c1c(C(O)c2coc3ccc(Cl)cc3c2=O)coc2ccc(Cl)cc12. The number of hydrogen-bond donors (Lipinski definition) is 1. The highest BCUT2D eigenvalue weighted by Gasteiger charge is 2.22. The van der Waals surface area contributed by atoms with Crippen LogP contribution in [-0.4, -0.2) is 5.11 Å². The zero-order chi connectivity index (χ0) is 18.4. The molecule has 4 aromatic rings. The highest BCUT2D eigenvalue weighted by molar-refractivity contribution is 6.31. The number of aliphatic hydroxyl groups excluding tert-OH is 1. The minimum Gasteiger partial charge on any atom is -0.464 e. The summed E-state index contributed by atoms with van der Waals surface area (Å²) in [5, 5.41) is 11.8. The van der Waals surface area contributed by atoms with Gasteiger partial charge in [-0.05, 0) is 36.4 Å². The average Bonchev–Trinajstić information content (AvgIpc) is 2.63. The van der Waals surface area contributed by atoms with Gasteiger partial charge in [-0.3, -0.25) is 9.59 Å². The zero-order valence-electron chi connectivity index (χ0n) is 13.0. The number of benzene rings is 2. The van der Waals surface area contributed by atoms with E-state index >= 15 is 0 Å². The van der Waals surface area contributed by atoms with Crippen molar-refractivity contribution in [1.29, 1.82) is 0 Å². The van der Waals surface area contributed by atoms with Gasteiger partial charge in [-0.2, -0.15) is 0 Å². The Morgan fingerprint density at radius 1 is 0.769 bits per heavy atom. The first-order chi connectivity index (χ1) is 12.5. The second-order valence-corrected chi connectivity index (χ2v) is 6.60. The van der Waals surface area contributed by atoms with Crippen LogP contribution in [0, 0.1) is 0 Å². The van der Waals surface area contributed by atoms with Crippen LogP contribution in [-0.2, 0) is 0 Å². The van der Waals surface area contributed by atoms with Crippen molar-refractivity contribution in [3.05, 3.63) is 90.5 Å². The third-order valence-electron chi connectivity index (χ3n) is 4.11. The summed E-state index contributed by atoms with van der Waals surface area (Å²) in [5.41, 5.74) is -0.485. The van der Waals surface area contributed by atoms with Gasteiger partial charge >= 0.3 is 0 Å². The van der Waals surface area contributed by atoms with Crippen molar-refractivity contribution in [3.63, 3.8) is 0 Å². The lowest BCUT2D eigenvalue weighted by molar-refractivity contribution is 0.213. The molecule has 2 aromatic carbocycles. The molecule has 0 bridgehead atoms. The van der Waals surface area contributed by atoms with Crippen molar-refractivity contribution in [2.75, 3.05) is 0 Å². The third-order valence-corrected chi connectivity index (χ3v) is 4.58. The van der Waals surface area contributed by atoms with Crippen molar-refractivity contribution >= 4 is 45.1 Å². The fourth-order valence-corrected chi connectivity index (χ4v) is 3.13. The van der Waals surface area contributed by atoms with E-state index in [1.807, 2.05) is 0 Å². The van der Waals surface area contributed by atoms with E-state index in [0.717, 1.165) is 12.5 Å². The lowest BCUT2D eigenvalue weighted by Gasteiger charge is -2.10. The van der Waals surface area contributed by atoms with Crippen molar-refractivity contribution in [2.24, 2.45) is 0 Å². The molecule has 0 atom stereocenters. The summed E-state index contributed by atoms with van der Waals surface area (Å²) in [6, 6.07) is 9.18. The standard InChI is InChI=1S/C19H10Cl2O5/c20-9-1-3-15-11(5-9)17(22)13(7-25-15)19(24)14-8-26-16-4-2-10(21)6-12(16)18(14)23/h1-8,19,24H. The zero-order valence-corrected chi connectivity index (χ0v) is 14.5. The first-order valence-electron chi connectivity index (χ1n) is 7.55. The molecular weight excluding hydrogens is 379 g/mol. The van der Waals surface area contributed by atoms with Crippen LogP contribution in [0.4, 0.5) is 0 Å². The van der Waals surface area contributed by atoms with Crippen LogP contribution in [0.3, 0.4) is 0 Å². The summed E-state index contributed by atoms with van der Waals surface area (Å²) in [7, 11) is 0. The van der Waals surface area contributed by atoms with Gasteiger partial charge in [0, 0.05) is 10.0 Å². The third kappa shape index (κ3) is 2.70. The monoisotopic (exact) mass is 388 g/mol. The summed E-state index contributed by atoms with van der Waals surface area (Å²) in [6.07, 6.45) is 0.740. The Kier molecular flexibility index (Phi) is 4.07. The molecule has 4 rings (SSSR count). The lowest BCUT2D eigenvalue weighted by Crippen LogP contribution is -2.20. The Bertz CT molecular complexity index is 1170. The van der Waals surface area contributed by atoms with Crippen LogP contribution < -0.4 is 10.9 Å². The van der Waals surface area contributed by atoms with E-state index < -0.39 is 17.0 Å². The van der Waals surface area contributed by atoms with Gasteiger partial charge in [-0.25, -0.2) is 0 Å². The Labute approximate surface area is 156 Å². The van der Waals surface area contributed by atoms with Gasteiger partial charge in [0.2, 0.25) is 0 Å². The molecular formula is C19H10Cl2O5. The normalized spacial score (nSPS) is 11.5. The summed E-state index contributed by atoms with van der Waals surface area (Å²) in [6.45, 7) is 0. The highest BCUT2D eigenvalue weighted by atomic mass is 35.5. The Morgan fingerprint density at radius 3 is 1.62 bits per heavy atom. The molecule has 0 saturated carbocycles. The molecule has 0 aliphatic heterocycles. The summed E-state index contributed by atoms with van der Waals surface area (Å²) in [5.74, 6) is 0. The summed E-state index contributed by atoms with van der Waals surface area (Å²) in [4.78, 5) is 25.4. The smallest absolute Gasteiger partial charge is 0.198 e. The Morgan fingerprint density at radius 2 is 1.19 bits per heavy atom. The van der Waals surface area contributed by atoms with E-state index in [1.54, 1.807) is 24.3 Å². The number of fused-ring (bicyclic) bond motifs is 2. The van der Waals surface area contributed by atoms with Crippen LogP contribution in [0.25, 0.3) is 21.9 Å². The quantitative estimate of drug-likeness (QED) is 0.553. The predicted octanol–water partition coefficient (Wildman–Crippen LogP) is 4.29. The molecule has 0 radical (unpaired) electrons. The van der Waals surface area contributed by atoms with Crippen LogP contribution in [0.15, 0.2) is 67.3 Å². The average molecular weight is 389 g/mol. The molecule has 0 amide bonds. The molecule has 0 spiro atoms. The van der Waals surface area contributed by atoms with Crippen LogP contribution >= 0.6 is 23.2 Å². The van der Waals surface area contributed by atoms with E-state index in [-0.39, 0.29) is 21.9 Å². The van der Waals surface area contributed by atoms with Crippen LogP contribution in [0.2, 0.25) is 10.0 Å². The fraction of sp³-hybridized carbons (Fsp3) is 0.0526. The topological polar surface area (TPSA) is 80.6 Å². The maximum atomic E-state index is 12.7. The van der Waals surface area contributed by atoms with Crippen molar-refractivity contribution in [2.45, 2.75) is 6.10 Å². The largest absolute Gasteiger partial charge is 0.464 e. The number of aliphatic hydroxyl groups is 1. The maximum absolute atomic E-state index is 12.7. The molecule has 0 aliphatic rings. The van der Waals surface area contributed by atoms with Crippen molar-refractivity contribution in [3.8, 4) is 0 Å². The minimum atomic E-state index is -1.52. The Hall–Kier alpha value is -2.60.